The van der Waals surface area contributed by atoms with E-state index < -0.39 is 0 Å². The number of hydrogen-bond donors (Lipinski definition) is 1. The van der Waals surface area contributed by atoms with Crippen molar-refractivity contribution in [2.24, 2.45) is 5.73 Å². The number of carbonyl (C=O) groups excluding carboxylic acids is 1. The van der Waals surface area contributed by atoms with Crippen LogP contribution >= 0.6 is 0 Å². The molecule has 3 rings (SSSR count). The molecular weight excluding hydrogens is 353 g/mol. The van der Waals surface area contributed by atoms with Gasteiger partial charge in [0.05, 0.1) is 0 Å². The maximum absolute atomic E-state index is 9.22. The minimum atomic E-state index is -0.333. The predicted octanol–water partition coefficient (Wildman–Crippen LogP) is -2.67. The molecule has 2 N–H and O–H groups in total. The zero-order chi connectivity index (χ0) is 14.5. The summed E-state index contributed by atoms with van der Waals surface area (Å²) in [5.74, 6) is -0.333. The maximum atomic E-state index is 9.22. The van der Waals surface area contributed by atoms with Crippen molar-refractivity contribution < 1.29 is 50.0 Å². The summed E-state index contributed by atoms with van der Waals surface area (Å²) in [5, 5.41) is 0. The first kappa shape index (κ1) is 20.9. The Morgan fingerprint density at radius 1 is 1.00 bits per heavy atom. The Kier molecular flexibility index (Phi) is 9.39. The Morgan fingerprint density at radius 2 is 1.50 bits per heavy atom. The molecule has 1 unspecified atom stereocenters. The van der Waals surface area contributed by atoms with Crippen molar-refractivity contribution in [1.82, 2.24) is 0 Å². The molecular formula is C17H16Cl2NOTi. The summed E-state index contributed by atoms with van der Waals surface area (Å²) < 4.78 is 0.513. The van der Waals surface area contributed by atoms with Gasteiger partial charge in [0.25, 0.3) is 0 Å². The normalized spacial score (nSPS) is 14.3. The van der Waals surface area contributed by atoms with E-state index in [1.165, 1.54) is 29.2 Å². The van der Waals surface area contributed by atoms with Crippen LogP contribution in [0.25, 0.3) is 11.6 Å². The molecule has 1 aliphatic carbocycles. The molecule has 1 aliphatic rings. The average molecular weight is 369 g/mol. The van der Waals surface area contributed by atoms with E-state index in [0.717, 1.165) is 0 Å². The summed E-state index contributed by atoms with van der Waals surface area (Å²) in [7, 11) is 0. The van der Waals surface area contributed by atoms with E-state index in [2.05, 4.69) is 86.8 Å². The topological polar surface area (TPSA) is 43.1 Å². The van der Waals surface area contributed by atoms with Crippen LogP contribution in [0.3, 0.4) is 0 Å². The van der Waals surface area contributed by atoms with Gasteiger partial charge in [-0.1, -0.05) is 0 Å². The SMILES string of the molecule is CC(N)=O.[Cl-].[Cl-].[Ti+2][CH]1C(c2ccccc2)=Cc2ccccc21. The van der Waals surface area contributed by atoms with Gasteiger partial charge < -0.3 is 30.5 Å². The van der Waals surface area contributed by atoms with Gasteiger partial charge in [-0.15, -0.1) is 0 Å². The van der Waals surface area contributed by atoms with Gasteiger partial charge in [-0.25, -0.2) is 0 Å². The minimum absolute atomic E-state index is 0. The van der Waals surface area contributed by atoms with E-state index in [1.54, 1.807) is 0 Å². The number of nitrogens with two attached hydrogens (primary N) is 1. The Balaban J connectivity index is 0.000000665. The summed E-state index contributed by atoms with van der Waals surface area (Å²) in [4.78, 5) is 9.22. The number of halogens is 2. The van der Waals surface area contributed by atoms with Gasteiger partial charge in [-0.05, 0) is 0 Å². The number of rotatable bonds is 1. The molecule has 5 heteroatoms. The van der Waals surface area contributed by atoms with Gasteiger partial charge in [-0.3, -0.25) is 4.79 Å². The van der Waals surface area contributed by atoms with Crippen LogP contribution in [0.4, 0.5) is 0 Å². The molecule has 2 aromatic carbocycles. The first-order valence-electron chi connectivity index (χ1n) is 6.42. The third-order valence-electron chi connectivity index (χ3n) is 3.04. The summed E-state index contributed by atoms with van der Waals surface area (Å²) in [6.07, 6.45) is 2.31. The predicted molar refractivity (Wildman–Crippen MR) is 78.4 cm³/mol. The molecule has 0 aromatic heterocycles. The van der Waals surface area contributed by atoms with E-state index in [9.17, 15) is 4.79 Å². The molecule has 22 heavy (non-hydrogen) atoms. The molecule has 0 saturated carbocycles. The molecule has 0 spiro atoms. The molecule has 2 aromatic rings. The zero-order valence-corrected chi connectivity index (χ0v) is 15.2. The van der Waals surface area contributed by atoms with Gasteiger partial charge in [0, 0.05) is 6.92 Å². The fourth-order valence-corrected chi connectivity index (χ4v) is 3.01. The first-order valence-corrected chi connectivity index (χ1v) is 7.33. The van der Waals surface area contributed by atoms with Crippen molar-refractivity contribution in [3.63, 3.8) is 0 Å². The molecule has 0 aliphatic heterocycles. The Hall–Kier alpha value is -1.06. The molecule has 0 heterocycles. The molecule has 1 atom stereocenters. The second kappa shape index (κ2) is 9.86. The van der Waals surface area contributed by atoms with Gasteiger partial charge in [0.2, 0.25) is 5.91 Å². The summed E-state index contributed by atoms with van der Waals surface area (Å²) >= 11 is 2.28. The summed E-state index contributed by atoms with van der Waals surface area (Å²) in [6, 6.07) is 19.3. The van der Waals surface area contributed by atoms with Crippen molar-refractivity contribution in [3.05, 3.63) is 71.3 Å². The Labute approximate surface area is 155 Å². The van der Waals surface area contributed by atoms with E-state index in [0.29, 0.717) is 4.22 Å². The standard InChI is InChI=1S/C15H11.C2H5NO.2ClH.Ti/c1-2-6-12(7-3-1)15-10-13-8-4-5-9-14(13)11-15;1-2(3)4;;;/h1-11H;1H3,(H2,3,4);2*1H;/q;;;;+2/p-2. The van der Waals surface area contributed by atoms with Crippen LogP contribution in [-0.4, -0.2) is 5.91 Å². The fraction of sp³-hybridized carbons (Fsp3) is 0.118. The summed E-state index contributed by atoms with van der Waals surface area (Å²) in [6.45, 7) is 1.31. The second-order valence-electron chi connectivity index (χ2n) is 4.64. The number of amides is 1. The van der Waals surface area contributed by atoms with Gasteiger partial charge >= 0.3 is 108 Å². The monoisotopic (exact) mass is 368 g/mol. The van der Waals surface area contributed by atoms with Gasteiger partial charge in [0.15, 0.2) is 0 Å². The van der Waals surface area contributed by atoms with Crippen molar-refractivity contribution in [3.8, 4) is 0 Å². The van der Waals surface area contributed by atoms with Crippen LogP contribution in [0.1, 0.15) is 27.8 Å². The van der Waals surface area contributed by atoms with Crippen LogP contribution < -0.4 is 30.5 Å². The molecule has 2 nitrogen and oxygen atoms in total. The van der Waals surface area contributed by atoms with E-state index in [-0.39, 0.29) is 30.7 Å². The molecule has 113 valence electrons. The zero-order valence-electron chi connectivity index (χ0n) is 12.1. The van der Waals surface area contributed by atoms with E-state index in [4.69, 9.17) is 0 Å². The number of benzene rings is 2. The first-order chi connectivity index (χ1) is 9.59. The Bertz CT molecular complexity index is 640. The number of carbonyl (C=O) groups is 1. The number of hydrogen-bond acceptors (Lipinski definition) is 1. The third kappa shape index (κ3) is 5.29. The Morgan fingerprint density at radius 3 is 2.05 bits per heavy atom. The molecule has 1 amide bonds. The van der Waals surface area contributed by atoms with Crippen molar-refractivity contribution >= 4 is 17.6 Å². The third-order valence-corrected chi connectivity index (χ3v) is 4.01. The molecule has 0 radical (unpaired) electrons. The van der Waals surface area contributed by atoms with E-state index >= 15 is 0 Å². The average Bonchev–Trinajstić information content (AvgIpc) is 2.77. The second-order valence-corrected chi connectivity index (χ2v) is 5.54. The van der Waals surface area contributed by atoms with Crippen LogP contribution in [0.15, 0.2) is 54.6 Å². The van der Waals surface area contributed by atoms with E-state index in [1.807, 2.05) is 0 Å². The van der Waals surface area contributed by atoms with Crippen molar-refractivity contribution in [2.45, 2.75) is 11.1 Å². The van der Waals surface area contributed by atoms with Crippen LogP contribution in [0, 0.1) is 0 Å². The molecule has 0 fully saturated rings. The summed E-state index contributed by atoms with van der Waals surface area (Å²) in [5.41, 5.74) is 10.1. The number of fused-ring (bicyclic) bond motifs is 1. The number of allylic oxidation sites excluding steroid dienone is 1. The van der Waals surface area contributed by atoms with Crippen LogP contribution in [0.2, 0.25) is 0 Å². The van der Waals surface area contributed by atoms with Gasteiger partial charge in [-0.2, -0.15) is 0 Å². The fourth-order valence-electron chi connectivity index (χ4n) is 2.20. The number of primary amides is 1. The van der Waals surface area contributed by atoms with Gasteiger partial charge in [0.1, 0.15) is 0 Å². The van der Waals surface area contributed by atoms with Crippen molar-refractivity contribution in [1.29, 1.82) is 0 Å². The van der Waals surface area contributed by atoms with Crippen LogP contribution in [-0.2, 0) is 25.2 Å². The molecule has 0 saturated heterocycles. The van der Waals surface area contributed by atoms with Crippen LogP contribution in [0.5, 0.6) is 0 Å². The quantitative estimate of drug-likeness (QED) is 0.548. The molecule has 0 bridgehead atoms. The van der Waals surface area contributed by atoms with Crippen molar-refractivity contribution in [2.75, 3.05) is 0 Å².